The second-order valence-electron chi connectivity index (χ2n) is 6.71. The summed E-state index contributed by atoms with van der Waals surface area (Å²) in [5, 5.41) is 21.9. The third kappa shape index (κ3) is 5.21. The third-order valence-corrected chi connectivity index (χ3v) is 4.46. The monoisotopic (exact) mass is 420 g/mol. The minimum Gasteiger partial charge on any atom is -0.493 e. The molecule has 2 aromatic carbocycles. The summed E-state index contributed by atoms with van der Waals surface area (Å²) < 4.78 is 0. The number of benzene rings is 2. The molecule has 3 rings (SSSR count). The van der Waals surface area contributed by atoms with E-state index in [-0.39, 0.29) is 5.56 Å². The number of likely N-dealkylation sites (N-methyl/N-ethyl adjacent to an activating group) is 1. The molecule has 31 heavy (non-hydrogen) atoms. The zero-order chi connectivity index (χ0) is 22.4. The summed E-state index contributed by atoms with van der Waals surface area (Å²) in [6, 6.07) is 18.1. The number of aliphatic carboxylic acids is 1. The summed E-state index contributed by atoms with van der Waals surface area (Å²) in [5.74, 6) is -3.73. The van der Waals surface area contributed by atoms with Crippen molar-refractivity contribution < 1.29 is 24.6 Å². The Morgan fingerprint density at radius 2 is 1.55 bits per heavy atom. The standard InChI is InChI=1S/C22H20N4O5/c1-26(13-17(27)28)22(31)19-23-12-16(21(30)25-19)20(29)24-18(14-8-4-2-5-9-14)15-10-6-3-7-11-15/h2-12,18H,13H2,1H3,(H,24,29)(H,27,28)(H,23,25,30). The van der Waals surface area contributed by atoms with Crippen LogP contribution in [0.3, 0.4) is 0 Å². The van der Waals surface area contributed by atoms with Crippen molar-refractivity contribution in [2.45, 2.75) is 6.04 Å². The Bertz CT molecular complexity index is 1050. The Balaban J connectivity index is 1.84. The van der Waals surface area contributed by atoms with E-state index in [1.54, 1.807) is 0 Å². The van der Waals surface area contributed by atoms with E-state index >= 15 is 0 Å². The van der Waals surface area contributed by atoms with Crippen LogP contribution in [0, 0.1) is 0 Å². The van der Waals surface area contributed by atoms with Gasteiger partial charge in [0.05, 0.1) is 6.04 Å². The van der Waals surface area contributed by atoms with Gasteiger partial charge in [0.1, 0.15) is 12.1 Å². The smallest absolute Gasteiger partial charge is 0.323 e. The average molecular weight is 420 g/mol. The van der Waals surface area contributed by atoms with E-state index in [4.69, 9.17) is 5.11 Å². The lowest BCUT2D eigenvalue weighted by molar-refractivity contribution is -0.137. The average Bonchev–Trinajstić information content (AvgIpc) is 2.77. The first-order chi connectivity index (χ1) is 14.9. The van der Waals surface area contributed by atoms with Crippen molar-refractivity contribution in [1.29, 1.82) is 0 Å². The van der Waals surface area contributed by atoms with E-state index in [2.05, 4.69) is 15.3 Å². The summed E-state index contributed by atoms with van der Waals surface area (Å²) in [5.41, 5.74) is 1.46. The van der Waals surface area contributed by atoms with Crippen LogP contribution in [0.15, 0.2) is 66.9 Å². The SMILES string of the molecule is CN(CC(=O)O)C(=O)c1ncc(C(=O)NC(c2ccccc2)c2ccccc2)c(O)n1. The molecular formula is C22H20N4O5. The van der Waals surface area contributed by atoms with Gasteiger partial charge in [0.2, 0.25) is 11.7 Å². The number of carbonyl (C=O) groups excluding carboxylic acids is 2. The van der Waals surface area contributed by atoms with Crippen LogP contribution < -0.4 is 5.32 Å². The summed E-state index contributed by atoms with van der Waals surface area (Å²) in [4.78, 5) is 44.2. The highest BCUT2D eigenvalue weighted by Crippen LogP contribution is 2.23. The van der Waals surface area contributed by atoms with E-state index in [1.807, 2.05) is 60.7 Å². The van der Waals surface area contributed by atoms with Crippen molar-refractivity contribution in [3.8, 4) is 5.88 Å². The largest absolute Gasteiger partial charge is 0.493 e. The summed E-state index contributed by atoms with van der Waals surface area (Å²) in [7, 11) is 1.27. The van der Waals surface area contributed by atoms with E-state index in [1.165, 1.54) is 7.05 Å². The molecule has 0 radical (unpaired) electrons. The highest BCUT2D eigenvalue weighted by Gasteiger charge is 2.23. The van der Waals surface area contributed by atoms with Gasteiger partial charge in [-0.05, 0) is 11.1 Å². The normalized spacial score (nSPS) is 10.5. The second-order valence-corrected chi connectivity index (χ2v) is 6.71. The first kappa shape index (κ1) is 21.4. The number of rotatable bonds is 7. The molecular weight excluding hydrogens is 400 g/mol. The minimum atomic E-state index is -1.20. The number of amides is 2. The number of aromatic hydroxyl groups is 1. The van der Waals surface area contributed by atoms with Gasteiger partial charge in [0, 0.05) is 13.2 Å². The van der Waals surface area contributed by atoms with Gasteiger partial charge >= 0.3 is 5.97 Å². The Kier molecular flexibility index (Phi) is 6.56. The predicted molar refractivity (Wildman–Crippen MR) is 110 cm³/mol. The maximum atomic E-state index is 12.9. The van der Waals surface area contributed by atoms with Crippen molar-refractivity contribution in [2.75, 3.05) is 13.6 Å². The van der Waals surface area contributed by atoms with Gasteiger partial charge < -0.3 is 20.4 Å². The lowest BCUT2D eigenvalue weighted by Crippen LogP contribution is -2.33. The molecule has 0 fully saturated rings. The first-order valence-corrected chi connectivity index (χ1v) is 9.31. The Morgan fingerprint density at radius 3 is 2.03 bits per heavy atom. The van der Waals surface area contributed by atoms with Gasteiger partial charge in [-0.25, -0.2) is 4.98 Å². The van der Waals surface area contributed by atoms with Gasteiger partial charge in [-0.3, -0.25) is 14.4 Å². The number of carboxylic acids is 1. The molecule has 0 atom stereocenters. The van der Waals surface area contributed by atoms with Crippen molar-refractivity contribution in [1.82, 2.24) is 20.2 Å². The van der Waals surface area contributed by atoms with Crippen LogP contribution >= 0.6 is 0 Å². The maximum absolute atomic E-state index is 12.9. The molecule has 3 N–H and O–H groups in total. The van der Waals surface area contributed by atoms with Crippen molar-refractivity contribution in [3.63, 3.8) is 0 Å². The molecule has 158 valence electrons. The topological polar surface area (TPSA) is 133 Å². The molecule has 0 aliphatic carbocycles. The Labute approximate surface area is 178 Å². The number of aromatic nitrogens is 2. The molecule has 1 aromatic heterocycles. The third-order valence-electron chi connectivity index (χ3n) is 4.46. The molecule has 0 saturated heterocycles. The molecule has 0 spiro atoms. The van der Waals surface area contributed by atoms with Gasteiger partial charge in [-0.15, -0.1) is 0 Å². The summed E-state index contributed by atoms with van der Waals surface area (Å²) in [6.45, 7) is -0.555. The highest BCUT2D eigenvalue weighted by molar-refractivity contribution is 5.97. The minimum absolute atomic E-state index is 0.214. The van der Waals surface area contributed by atoms with Crippen LogP contribution in [0.5, 0.6) is 5.88 Å². The quantitative estimate of drug-likeness (QED) is 0.531. The maximum Gasteiger partial charge on any atom is 0.323 e. The zero-order valence-electron chi connectivity index (χ0n) is 16.6. The molecule has 0 saturated carbocycles. The van der Waals surface area contributed by atoms with Crippen molar-refractivity contribution in [3.05, 3.63) is 89.4 Å². The van der Waals surface area contributed by atoms with Crippen LogP contribution in [0.2, 0.25) is 0 Å². The van der Waals surface area contributed by atoms with E-state index < -0.39 is 42.1 Å². The van der Waals surface area contributed by atoms with Gasteiger partial charge in [-0.1, -0.05) is 60.7 Å². The lowest BCUT2D eigenvalue weighted by atomic mass is 9.98. The zero-order valence-corrected chi connectivity index (χ0v) is 16.6. The molecule has 9 heteroatoms. The predicted octanol–water partition coefficient (Wildman–Crippen LogP) is 1.86. The fourth-order valence-corrected chi connectivity index (χ4v) is 2.94. The lowest BCUT2D eigenvalue weighted by Gasteiger charge is -2.20. The summed E-state index contributed by atoms with van der Waals surface area (Å²) >= 11 is 0. The Hall–Kier alpha value is -4.27. The Morgan fingerprint density at radius 1 is 1.00 bits per heavy atom. The van der Waals surface area contributed by atoms with Crippen LogP contribution in [0.25, 0.3) is 0 Å². The van der Waals surface area contributed by atoms with Crippen LogP contribution in [0.1, 0.15) is 38.1 Å². The van der Waals surface area contributed by atoms with E-state index in [9.17, 15) is 19.5 Å². The number of hydrogen-bond donors (Lipinski definition) is 3. The number of carbonyl (C=O) groups is 3. The van der Waals surface area contributed by atoms with E-state index in [0.717, 1.165) is 22.2 Å². The van der Waals surface area contributed by atoms with Crippen molar-refractivity contribution in [2.24, 2.45) is 0 Å². The number of carboxylic acid groups (broad SMARTS) is 1. The number of nitrogens with one attached hydrogen (secondary N) is 1. The fraction of sp³-hybridized carbons (Fsp3) is 0.136. The van der Waals surface area contributed by atoms with Crippen LogP contribution in [0.4, 0.5) is 0 Å². The molecule has 0 bridgehead atoms. The van der Waals surface area contributed by atoms with Gasteiger partial charge in [-0.2, -0.15) is 4.98 Å². The molecule has 1 heterocycles. The molecule has 9 nitrogen and oxygen atoms in total. The molecule has 0 aliphatic rings. The molecule has 0 unspecified atom stereocenters. The second kappa shape index (κ2) is 9.49. The highest BCUT2D eigenvalue weighted by atomic mass is 16.4. The molecule has 2 amide bonds. The van der Waals surface area contributed by atoms with Gasteiger partial charge in [0.25, 0.3) is 11.8 Å². The van der Waals surface area contributed by atoms with Crippen LogP contribution in [-0.2, 0) is 4.79 Å². The number of hydrogen-bond acceptors (Lipinski definition) is 6. The first-order valence-electron chi connectivity index (χ1n) is 9.31. The van der Waals surface area contributed by atoms with Gasteiger partial charge in [0.15, 0.2) is 0 Å². The van der Waals surface area contributed by atoms with Crippen LogP contribution in [-0.4, -0.2) is 56.5 Å². The molecule has 0 aliphatic heterocycles. The summed E-state index contributed by atoms with van der Waals surface area (Å²) in [6.07, 6.45) is 1.03. The fourth-order valence-electron chi connectivity index (χ4n) is 2.94. The molecule has 3 aromatic rings. The van der Waals surface area contributed by atoms with E-state index in [0.29, 0.717) is 0 Å². The van der Waals surface area contributed by atoms with Crippen molar-refractivity contribution >= 4 is 17.8 Å². The number of nitrogens with zero attached hydrogens (tertiary/aromatic N) is 3.